The Morgan fingerprint density at radius 1 is 1.52 bits per heavy atom. The van der Waals surface area contributed by atoms with Gasteiger partial charge in [-0.25, -0.2) is 4.98 Å². The fourth-order valence-corrected chi connectivity index (χ4v) is 2.37. The van der Waals surface area contributed by atoms with E-state index in [2.05, 4.69) is 22.1 Å². The van der Waals surface area contributed by atoms with Crippen LogP contribution in [0.1, 0.15) is 20.8 Å². The molecule has 0 saturated carbocycles. The molecule has 0 aliphatic rings. The number of carbonyl (C=O) groups is 1. The number of hydrogen-bond donors (Lipinski definition) is 2. The molecule has 2 N–H and O–H groups in total. The quantitative estimate of drug-likeness (QED) is 0.851. The molecule has 5 nitrogen and oxygen atoms in total. The molecular formula is C15H14N2O3S. The first-order valence-electron chi connectivity index (χ1n) is 6.15. The van der Waals surface area contributed by atoms with E-state index in [1.807, 2.05) is 13.0 Å². The van der Waals surface area contributed by atoms with Gasteiger partial charge in [-0.3, -0.25) is 10.1 Å². The maximum Gasteiger partial charge on any atom is 0.261 e. The van der Waals surface area contributed by atoms with Crippen LogP contribution >= 0.6 is 11.3 Å². The summed E-state index contributed by atoms with van der Waals surface area (Å²) in [5, 5.41) is 11.8. The van der Waals surface area contributed by atoms with Gasteiger partial charge in [0.15, 0.2) is 5.13 Å². The number of aryl methyl sites for hydroxylation is 1. The number of nitrogens with zero attached hydrogens (tertiary/aromatic N) is 1. The lowest BCUT2D eigenvalue weighted by Gasteiger charge is -2.08. The summed E-state index contributed by atoms with van der Waals surface area (Å²) in [4.78, 5) is 17.0. The summed E-state index contributed by atoms with van der Waals surface area (Å²) >= 11 is 1.24. The highest BCUT2D eigenvalue weighted by Crippen LogP contribution is 2.23. The zero-order valence-corrected chi connectivity index (χ0v) is 12.5. The fourth-order valence-electron chi connectivity index (χ4n) is 1.68. The Kier molecular flexibility index (Phi) is 4.93. The van der Waals surface area contributed by atoms with Gasteiger partial charge in [-0.15, -0.1) is 0 Å². The number of nitrogens with one attached hydrogen (secondary N) is 1. The average Bonchev–Trinajstić information content (AvgIpc) is 2.92. The summed E-state index contributed by atoms with van der Waals surface area (Å²) in [6, 6.07) is 5.39. The summed E-state index contributed by atoms with van der Waals surface area (Å²) in [6.45, 7) is 1.70. The van der Waals surface area contributed by atoms with Crippen molar-refractivity contribution in [2.45, 2.75) is 6.92 Å². The maximum atomic E-state index is 12.3. The van der Waals surface area contributed by atoms with Gasteiger partial charge in [-0.05, 0) is 19.1 Å². The van der Waals surface area contributed by atoms with Crippen LogP contribution < -0.4 is 10.1 Å². The molecule has 0 saturated heterocycles. The molecule has 0 aliphatic heterocycles. The van der Waals surface area contributed by atoms with Gasteiger partial charge in [0, 0.05) is 0 Å². The minimum Gasteiger partial charge on any atom is -0.496 e. The van der Waals surface area contributed by atoms with Gasteiger partial charge in [0.25, 0.3) is 5.91 Å². The molecule has 6 heteroatoms. The number of aliphatic hydroxyl groups excluding tert-OH is 1. The maximum absolute atomic E-state index is 12.3. The lowest BCUT2D eigenvalue weighted by molar-refractivity contribution is 0.102. The highest BCUT2D eigenvalue weighted by molar-refractivity contribution is 7.16. The molecule has 0 fully saturated rings. The van der Waals surface area contributed by atoms with E-state index in [1.54, 1.807) is 18.3 Å². The van der Waals surface area contributed by atoms with E-state index < -0.39 is 0 Å². The van der Waals surface area contributed by atoms with Crippen LogP contribution in [0.15, 0.2) is 24.4 Å². The third-order valence-corrected chi connectivity index (χ3v) is 3.44. The first-order valence-corrected chi connectivity index (χ1v) is 6.97. The zero-order valence-electron chi connectivity index (χ0n) is 11.6. The van der Waals surface area contributed by atoms with Crippen molar-refractivity contribution in [2.75, 3.05) is 19.0 Å². The van der Waals surface area contributed by atoms with E-state index in [-0.39, 0.29) is 12.5 Å². The van der Waals surface area contributed by atoms with Crippen LogP contribution in [0.5, 0.6) is 5.75 Å². The molecule has 0 unspecified atom stereocenters. The smallest absolute Gasteiger partial charge is 0.261 e. The summed E-state index contributed by atoms with van der Waals surface area (Å²) < 4.78 is 5.19. The lowest BCUT2D eigenvalue weighted by atomic mass is 10.1. The summed E-state index contributed by atoms with van der Waals surface area (Å²) in [6.07, 6.45) is 1.55. The Morgan fingerprint density at radius 2 is 2.33 bits per heavy atom. The minimum atomic E-state index is -0.286. The standard InChI is InChI=1S/C15H14N2O3S/c1-10-5-6-13(20-2)12(8-10)14(19)17-15-16-9-11(21-15)4-3-7-18/h5-6,8-9,18H,7H2,1-2H3,(H,16,17,19). The highest BCUT2D eigenvalue weighted by Gasteiger charge is 2.14. The van der Waals surface area contributed by atoms with E-state index in [0.29, 0.717) is 21.3 Å². The lowest BCUT2D eigenvalue weighted by Crippen LogP contribution is -2.13. The van der Waals surface area contributed by atoms with Gasteiger partial charge < -0.3 is 9.84 Å². The van der Waals surface area contributed by atoms with Crippen molar-refractivity contribution in [3.63, 3.8) is 0 Å². The molecule has 1 heterocycles. The van der Waals surface area contributed by atoms with E-state index >= 15 is 0 Å². The number of amides is 1. The Hall–Kier alpha value is -2.36. The van der Waals surface area contributed by atoms with Crippen LogP contribution in [0.2, 0.25) is 0 Å². The van der Waals surface area contributed by atoms with Crippen molar-refractivity contribution in [2.24, 2.45) is 0 Å². The predicted molar refractivity (Wildman–Crippen MR) is 81.8 cm³/mol. The average molecular weight is 302 g/mol. The third-order valence-electron chi connectivity index (χ3n) is 2.62. The summed E-state index contributed by atoms with van der Waals surface area (Å²) in [5.41, 5.74) is 1.42. The van der Waals surface area contributed by atoms with E-state index in [0.717, 1.165) is 5.56 Å². The third kappa shape index (κ3) is 3.81. The van der Waals surface area contributed by atoms with Gasteiger partial charge in [-0.1, -0.05) is 34.8 Å². The molecule has 2 rings (SSSR count). The number of benzene rings is 1. The summed E-state index contributed by atoms with van der Waals surface area (Å²) in [5.74, 6) is 5.49. The first-order chi connectivity index (χ1) is 10.1. The number of ether oxygens (including phenoxy) is 1. The molecule has 0 atom stereocenters. The number of hydrogen-bond acceptors (Lipinski definition) is 5. The molecule has 0 bridgehead atoms. The molecule has 108 valence electrons. The zero-order chi connectivity index (χ0) is 15.2. The van der Waals surface area contributed by atoms with Gasteiger partial charge in [0.05, 0.1) is 23.7 Å². The van der Waals surface area contributed by atoms with E-state index in [4.69, 9.17) is 9.84 Å². The topological polar surface area (TPSA) is 71.5 Å². The van der Waals surface area contributed by atoms with Gasteiger partial charge in [0.2, 0.25) is 0 Å². The number of methoxy groups -OCH3 is 1. The number of anilines is 1. The minimum absolute atomic E-state index is 0.208. The van der Waals surface area contributed by atoms with Gasteiger partial charge >= 0.3 is 0 Å². The van der Waals surface area contributed by atoms with Crippen molar-refractivity contribution in [3.05, 3.63) is 40.4 Å². The normalized spacial score (nSPS) is 9.67. The number of thiazole rings is 1. The number of aliphatic hydroxyl groups is 1. The molecule has 1 aromatic carbocycles. The van der Waals surface area contributed by atoms with E-state index in [1.165, 1.54) is 18.4 Å². The fraction of sp³-hybridized carbons (Fsp3) is 0.200. The summed E-state index contributed by atoms with van der Waals surface area (Å²) in [7, 11) is 1.52. The Balaban J connectivity index is 2.18. The second kappa shape index (κ2) is 6.88. The molecule has 2 aromatic rings. The largest absolute Gasteiger partial charge is 0.496 e. The molecule has 21 heavy (non-hydrogen) atoms. The number of carbonyl (C=O) groups excluding carboxylic acids is 1. The van der Waals surface area contributed by atoms with E-state index in [9.17, 15) is 4.79 Å². The molecule has 0 aliphatic carbocycles. The van der Waals surface area contributed by atoms with Gasteiger partial charge in [0.1, 0.15) is 12.4 Å². The number of rotatable bonds is 3. The van der Waals surface area contributed by atoms with Crippen LogP contribution in [0.25, 0.3) is 0 Å². The van der Waals surface area contributed by atoms with Crippen LogP contribution in [-0.2, 0) is 0 Å². The van der Waals surface area contributed by atoms with Crippen molar-refractivity contribution >= 4 is 22.4 Å². The molecule has 0 radical (unpaired) electrons. The Bertz CT molecular complexity index is 713. The molecule has 0 spiro atoms. The van der Waals surface area contributed by atoms with Crippen molar-refractivity contribution in [1.29, 1.82) is 0 Å². The Morgan fingerprint density at radius 3 is 3.05 bits per heavy atom. The monoisotopic (exact) mass is 302 g/mol. The van der Waals surface area contributed by atoms with Crippen LogP contribution in [0, 0.1) is 18.8 Å². The van der Waals surface area contributed by atoms with Crippen molar-refractivity contribution in [1.82, 2.24) is 4.98 Å². The Labute approximate surface area is 126 Å². The second-order valence-corrected chi connectivity index (χ2v) is 5.18. The SMILES string of the molecule is COc1ccc(C)cc1C(=O)Nc1ncc(C#CCO)s1. The molecular weight excluding hydrogens is 288 g/mol. The van der Waals surface area contributed by atoms with Crippen LogP contribution in [0.4, 0.5) is 5.13 Å². The van der Waals surface area contributed by atoms with Crippen molar-refractivity contribution in [3.8, 4) is 17.6 Å². The highest BCUT2D eigenvalue weighted by atomic mass is 32.1. The molecule has 1 amide bonds. The second-order valence-electron chi connectivity index (χ2n) is 4.15. The first kappa shape index (κ1) is 15.0. The van der Waals surface area contributed by atoms with Crippen LogP contribution in [-0.4, -0.2) is 29.7 Å². The van der Waals surface area contributed by atoms with Crippen LogP contribution in [0.3, 0.4) is 0 Å². The number of aromatic nitrogens is 1. The van der Waals surface area contributed by atoms with Gasteiger partial charge in [-0.2, -0.15) is 0 Å². The van der Waals surface area contributed by atoms with Crippen molar-refractivity contribution < 1.29 is 14.6 Å². The molecule has 1 aromatic heterocycles. The predicted octanol–water partition coefficient (Wildman–Crippen LogP) is 2.06.